The number of piperidine rings is 1. The van der Waals surface area contributed by atoms with Gasteiger partial charge in [0.1, 0.15) is 6.04 Å². The van der Waals surface area contributed by atoms with Crippen LogP contribution < -0.4 is 5.32 Å². The lowest BCUT2D eigenvalue weighted by Gasteiger charge is -2.37. The van der Waals surface area contributed by atoms with E-state index in [0.717, 1.165) is 12.8 Å². The highest BCUT2D eigenvalue weighted by atomic mass is 16.4. The van der Waals surface area contributed by atoms with Gasteiger partial charge >= 0.3 is 12.0 Å². The van der Waals surface area contributed by atoms with E-state index in [2.05, 4.69) is 5.32 Å². The SMILES string of the molecule is CNC(=O)C1CCCCN1C(=O)N(C)CC(C)C(=O)O. The number of hydrogen-bond donors (Lipinski definition) is 2. The summed E-state index contributed by atoms with van der Waals surface area (Å²) in [6.45, 7) is 2.21. The van der Waals surface area contributed by atoms with Gasteiger partial charge in [-0.1, -0.05) is 6.92 Å². The number of likely N-dealkylation sites (N-methyl/N-ethyl adjacent to an activating group) is 1. The molecule has 1 rings (SSSR count). The molecule has 0 bridgehead atoms. The molecule has 20 heavy (non-hydrogen) atoms. The Labute approximate surface area is 118 Å². The van der Waals surface area contributed by atoms with Gasteiger partial charge in [0, 0.05) is 27.2 Å². The third-order valence-electron chi connectivity index (χ3n) is 3.59. The van der Waals surface area contributed by atoms with Gasteiger partial charge in [-0.2, -0.15) is 0 Å². The summed E-state index contributed by atoms with van der Waals surface area (Å²) in [6, 6.07) is -0.741. The molecule has 1 saturated heterocycles. The summed E-state index contributed by atoms with van der Waals surface area (Å²) in [7, 11) is 3.12. The average Bonchev–Trinajstić information content (AvgIpc) is 2.45. The van der Waals surface area contributed by atoms with Crippen molar-refractivity contribution in [2.75, 3.05) is 27.2 Å². The Morgan fingerprint density at radius 1 is 1.40 bits per heavy atom. The molecule has 0 aromatic carbocycles. The van der Waals surface area contributed by atoms with Crippen molar-refractivity contribution in [2.24, 2.45) is 5.92 Å². The predicted molar refractivity (Wildman–Crippen MR) is 73.2 cm³/mol. The van der Waals surface area contributed by atoms with Crippen LogP contribution in [0.3, 0.4) is 0 Å². The van der Waals surface area contributed by atoms with Gasteiger partial charge < -0.3 is 20.2 Å². The van der Waals surface area contributed by atoms with E-state index in [1.54, 1.807) is 21.0 Å². The zero-order valence-corrected chi connectivity index (χ0v) is 12.3. The molecule has 2 N–H and O–H groups in total. The molecule has 1 aliphatic heterocycles. The molecule has 0 spiro atoms. The van der Waals surface area contributed by atoms with Gasteiger partial charge in [-0.15, -0.1) is 0 Å². The molecule has 1 aliphatic rings. The van der Waals surface area contributed by atoms with Gasteiger partial charge in [0.15, 0.2) is 0 Å². The van der Waals surface area contributed by atoms with E-state index in [9.17, 15) is 14.4 Å². The van der Waals surface area contributed by atoms with Crippen LogP contribution in [-0.4, -0.2) is 66.0 Å². The highest BCUT2D eigenvalue weighted by molar-refractivity contribution is 5.87. The number of carboxylic acid groups (broad SMARTS) is 1. The Bertz CT molecular complexity index is 386. The minimum absolute atomic E-state index is 0.130. The van der Waals surface area contributed by atoms with Crippen LogP contribution in [0, 0.1) is 5.92 Å². The summed E-state index contributed by atoms with van der Waals surface area (Å²) in [5.74, 6) is -1.74. The maximum Gasteiger partial charge on any atom is 0.320 e. The van der Waals surface area contributed by atoms with Gasteiger partial charge in [-0.25, -0.2) is 4.79 Å². The Morgan fingerprint density at radius 2 is 2.05 bits per heavy atom. The van der Waals surface area contributed by atoms with E-state index in [0.29, 0.717) is 13.0 Å². The van der Waals surface area contributed by atoms with Gasteiger partial charge in [0.25, 0.3) is 0 Å². The summed E-state index contributed by atoms with van der Waals surface area (Å²) in [5.41, 5.74) is 0. The summed E-state index contributed by atoms with van der Waals surface area (Å²) in [4.78, 5) is 37.9. The largest absolute Gasteiger partial charge is 0.481 e. The molecule has 2 atom stereocenters. The minimum Gasteiger partial charge on any atom is -0.481 e. The molecule has 1 fully saturated rings. The van der Waals surface area contributed by atoms with Gasteiger partial charge in [-0.3, -0.25) is 9.59 Å². The quantitative estimate of drug-likeness (QED) is 0.780. The molecule has 0 radical (unpaired) electrons. The van der Waals surface area contributed by atoms with Crippen molar-refractivity contribution >= 4 is 17.9 Å². The molecule has 2 unspecified atom stereocenters. The fraction of sp³-hybridized carbons (Fsp3) is 0.769. The van der Waals surface area contributed by atoms with Crippen molar-refractivity contribution in [1.29, 1.82) is 0 Å². The van der Waals surface area contributed by atoms with Crippen LogP contribution >= 0.6 is 0 Å². The van der Waals surface area contributed by atoms with Crippen molar-refractivity contribution < 1.29 is 19.5 Å². The van der Waals surface area contributed by atoms with Gasteiger partial charge in [-0.05, 0) is 19.3 Å². The second kappa shape index (κ2) is 7.12. The molecule has 3 amide bonds. The molecule has 114 valence electrons. The Kier molecular flexibility index (Phi) is 5.79. The van der Waals surface area contributed by atoms with E-state index in [4.69, 9.17) is 5.11 Å². The number of rotatable bonds is 4. The summed E-state index contributed by atoms with van der Waals surface area (Å²) >= 11 is 0. The standard InChI is InChI=1S/C13H23N3O4/c1-9(12(18)19)8-15(3)13(20)16-7-5-4-6-10(16)11(17)14-2/h9-10H,4-8H2,1-3H3,(H,14,17)(H,18,19). The highest BCUT2D eigenvalue weighted by Crippen LogP contribution is 2.19. The topological polar surface area (TPSA) is 90.0 Å². The lowest BCUT2D eigenvalue weighted by molar-refractivity contribution is -0.141. The van der Waals surface area contributed by atoms with E-state index in [1.807, 2.05) is 0 Å². The number of carboxylic acids is 1. The lowest BCUT2D eigenvalue weighted by atomic mass is 10.0. The smallest absolute Gasteiger partial charge is 0.320 e. The number of carbonyl (C=O) groups is 3. The second-order valence-electron chi connectivity index (χ2n) is 5.22. The highest BCUT2D eigenvalue weighted by Gasteiger charge is 2.33. The third-order valence-corrected chi connectivity index (χ3v) is 3.59. The lowest BCUT2D eigenvalue weighted by Crippen LogP contribution is -2.55. The molecular weight excluding hydrogens is 262 g/mol. The molecule has 7 heteroatoms. The van der Waals surface area contributed by atoms with Crippen LogP contribution in [-0.2, 0) is 9.59 Å². The number of likely N-dealkylation sites (tertiary alicyclic amines) is 1. The number of carbonyl (C=O) groups excluding carboxylic acids is 2. The van der Waals surface area contributed by atoms with Crippen LogP contribution in [0.25, 0.3) is 0 Å². The van der Waals surface area contributed by atoms with E-state index in [1.165, 1.54) is 9.80 Å². The van der Waals surface area contributed by atoms with Crippen LogP contribution in [0.5, 0.6) is 0 Å². The van der Waals surface area contributed by atoms with Crippen LogP contribution in [0.15, 0.2) is 0 Å². The Hall–Kier alpha value is -1.79. The maximum absolute atomic E-state index is 12.4. The van der Waals surface area contributed by atoms with Crippen molar-refractivity contribution in [3.8, 4) is 0 Å². The first-order chi connectivity index (χ1) is 9.38. The monoisotopic (exact) mass is 285 g/mol. The molecule has 0 aromatic rings. The first-order valence-electron chi connectivity index (χ1n) is 6.84. The maximum atomic E-state index is 12.4. The summed E-state index contributed by atoms with van der Waals surface area (Å²) in [5, 5.41) is 11.5. The second-order valence-corrected chi connectivity index (χ2v) is 5.22. The fourth-order valence-corrected chi connectivity index (χ4v) is 2.39. The Balaban J connectivity index is 2.72. The molecule has 0 aliphatic carbocycles. The van der Waals surface area contributed by atoms with Crippen molar-refractivity contribution in [2.45, 2.75) is 32.2 Å². The molecule has 7 nitrogen and oxygen atoms in total. The number of aliphatic carboxylic acids is 1. The Morgan fingerprint density at radius 3 is 2.60 bits per heavy atom. The first-order valence-corrected chi connectivity index (χ1v) is 6.84. The normalized spacial score (nSPS) is 20.1. The number of hydrogen-bond acceptors (Lipinski definition) is 3. The third kappa shape index (κ3) is 3.85. The van der Waals surface area contributed by atoms with E-state index >= 15 is 0 Å². The van der Waals surface area contributed by atoms with Crippen molar-refractivity contribution in [1.82, 2.24) is 15.1 Å². The predicted octanol–water partition coefficient (Wildman–Crippen LogP) is 0.359. The zero-order valence-electron chi connectivity index (χ0n) is 12.3. The van der Waals surface area contributed by atoms with Crippen LogP contribution in [0.1, 0.15) is 26.2 Å². The van der Waals surface area contributed by atoms with Crippen molar-refractivity contribution in [3.63, 3.8) is 0 Å². The number of amides is 3. The molecule has 0 saturated carbocycles. The minimum atomic E-state index is -0.939. The van der Waals surface area contributed by atoms with Gasteiger partial charge in [0.2, 0.25) is 5.91 Å². The molecular formula is C13H23N3O4. The van der Waals surface area contributed by atoms with Crippen LogP contribution in [0.4, 0.5) is 4.79 Å². The number of nitrogens with zero attached hydrogens (tertiary/aromatic N) is 2. The zero-order chi connectivity index (χ0) is 15.3. The summed E-state index contributed by atoms with van der Waals surface area (Å²) < 4.78 is 0. The number of nitrogens with one attached hydrogen (secondary N) is 1. The van der Waals surface area contributed by atoms with E-state index < -0.39 is 17.9 Å². The summed E-state index contributed by atoms with van der Waals surface area (Å²) in [6.07, 6.45) is 2.42. The van der Waals surface area contributed by atoms with Crippen LogP contribution in [0.2, 0.25) is 0 Å². The van der Waals surface area contributed by atoms with Gasteiger partial charge in [0.05, 0.1) is 5.92 Å². The van der Waals surface area contributed by atoms with Crippen molar-refractivity contribution in [3.05, 3.63) is 0 Å². The first kappa shape index (κ1) is 16.3. The fourth-order valence-electron chi connectivity index (χ4n) is 2.39. The average molecular weight is 285 g/mol. The molecule has 0 aromatic heterocycles. The molecule has 1 heterocycles. The number of urea groups is 1. The van der Waals surface area contributed by atoms with E-state index in [-0.39, 0.29) is 18.5 Å².